The van der Waals surface area contributed by atoms with Crippen LogP contribution in [0.3, 0.4) is 0 Å². The minimum Gasteiger partial charge on any atom is -0.395 e. The number of carbonyl (C=O) groups excluding carboxylic acids is 2. The number of anilines is 1. The Bertz CT molecular complexity index is 744. The number of hydrogen-bond acceptors (Lipinski definition) is 5. The third kappa shape index (κ3) is 2.38. The minimum absolute atomic E-state index is 0.0343. The highest BCUT2D eigenvalue weighted by Crippen LogP contribution is 2.47. The summed E-state index contributed by atoms with van der Waals surface area (Å²) in [5.74, 6) is -0.0889. The SMILES string of the molecule is C[C@]12CCC(=O)N1[C@H](C(=O)Nc1ccc3c(c1)OC(F)(F)O3)CS2. The van der Waals surface area contributed by atoms with Gasteiger partial charge in [0, 0.05) is 23.9 Å². The zero-order chi connectivity index (χ0) is 17.1. The summed E-state index contributed by atoms with van der Waals surface area (Å²) in [6, 6.07) is 3.47. The van der Waals surface area contributed by atoms with Gasteiger partial charge in [-0.2, -0.15) is 0 Å². The molecule has 2 saturated heterocycles. The van der Waals surface area contributed by atoms with E-state index in [9.17, 15) is 18.4 Å². The molecule has 6 nitrogen and oxygen atoms in total. The zero-order valence-electron chi connectivity index (χ0n) is 12.7. The average Bonchev–Trinajstić information content (AvgIpc) is 3.09. The Morgan fingerprint density at radius 2 is 2.12 bits per heavy atom. The van der Waals surface area contributed by atoms with Gasteiger partial charge in [0.05, 0.1) is 4.87 Å². The van der Waals surface area contributed by atoms with Crippen LogP contribution in [0.4, 0.5) is 14.5 Å². The Balaban J connectivity index is 1.51. The molecule has 2 amide bonds. The number of carbonyl (C=O) groups is 2. The molecular weight excluding hydrogens is 342 g/mol. The molecule has 4 rings (SSSR count). The molecule has 0 radical (unpaired) electrons. The van der Waals surface area contributed by atoms with Gasteiger partial charge in [0.2, 0.25) is 11.8 Å². The Hall–Kier alpha value is -2.03. The molecule has 0 aromatic heterocycles. The first-order valence-corrected chi connectivity index (χ1v) is 8.43. The van der Waals surface area contributed by atoms with Crippen molar-refractivity contribution in [1.29, 1.82) is 0 Å². The summed E-state index contributed by atoms with van der Waals surface area (Å²) in [6.45, 7) is 1.96. The molecule has 3 aliphatic heterocycles. The maximum Gasteiger partial charge on any atom is 0.586 e. The summed E-state index contributed by atoms with van der Waals surface area (Å²) >= 11 is 1.59. The van der Waals surface area contributed by atoms with E-state index in [1.165, 1.54) is 18.2 Å². The smallest absolute Gasteiger partial charge is 0.395 e. The number of halogens is 2. The molecule has 1 aromatic carbocycles. The van der Waals surface area contributed by atoms with Crippen molar-refractivity contribution in [2.24, 2.45) is 0 Å². The van der Waals surface area contributed by atoms with E-state index in [-0.39, 0.29) is 28.2 Å². The standard InChI is InChI=1S/C15H14F2N2O4S/c1-14-5-4-12(20)19(14)9(7-24-14)13(21)18-8-2-3-10-11(6-8)23-15(16,17)22-10/h2-3,6,9H,4-5,7H2,1H3,(H,18,21)/t9-,14-/m0/s1. The molecule has 3 heterocycles. The summed E-state index contributed by atoms with van der Waals surface area (Å²) in [7, 11) is 0. The summed E-state index contributed by atoms with van der Waals surface area (Å²) in [4.78, 5) is 25.9. The lowest BCUT2D eigenvalue weighted by molar-refractivity contribution is -0.286. The molecule has 2 fully saturated rings. The topological polar surface area (TPSA) is 67.9 Å². The van der Waals surface area contributed by atoms with Crippen LogP contribution in [-0.2, 0) is 9.59 Å². The Kier molecular flexibility index (Phi) is 3.22. The molecule has 1 aromatic rings. The number of nitrogens with one attached hydrogen (secondary N) is 1. The number of benzene rings is 1. The van der Waals surface area contributed by atoms with Gasteiger partial charge in [-0.3, -0.25) is 9.59 Å². The van der Waals surface area contributed by atoms with Gasteiger partial charge < -0.3 is 19.7 Å². The van der Waals surface area contributed by atoms with E-state index in [0.717, 1.165) is 6.42 Å². The fourth-order valence-electron chi connectivity index (χ4n) is 3.27. The molecule has 128 valence electrons. The number of thioether (sulfide) groups is 1. The molecule has 0 aliphatic carbocycles. The van der Waals surface area contributed by atoms with E-state index in [4.69, 9.17) is 0 Å². The molecule has 0 saturated carbocycles. The Morgan fingerprint density at radius 3 is 2.92 bits per heavy atom. The molecule has 3 aliphatic rings. The molecule has 1 N–H and O–H groups in total. The fourth-order valence-corrected chi connectivity index (χ4v) is 4.70. The van der Waals surface area contributed by atoms with Crippen LogP contribution < -0.4 is 14.8 Å². The first kappa shape index (κ1) is 15.5. The van der Waals surface area contributed by atoms with Crippen molar-refractivity contribution in [1.82, 2.24) is 4.90 Å². The molecular formula is C15H14F2N2O4S. The van der Waals surface area contributed by atoms with Gasteiger partial charge in [0.15, 0.2) is 11.5 Å². The van der Waals surface area contributed by atoms with Crippen LogP contribution in [0.2, 0.25) is 0 Å². The van der Waals surface area contributed by atoms with E-state index in [1.54, 1.807) is 16.7 Å². The molecule has 2 atom stereocenters. The monoisotopic (exact) mass is 356 g/mol. The summed E-state index contributed by atoms with van der Waals surface area (Å²) in [6.07, 6.45) is -2.54. The predicted octanol–water partition coefficient (Wildman–Crippen LogP) is 2.40. The van der Waals surface area contributed by atoms with Gasteiger partial charge in [-0.25, -0.2) is 0 Å². The van der Waals surface area contributed by atoms with Crippen LogP contribution in [0.15, 0.2) is 18.2 Å². The molecule has 9 heteroatoms. The second-order valence-electron chi connectivity index (χ2n) is 6.08. The van der Waals surface area contributed by atoms with Crippen LogP contribution in [0.5, 0.6) is 11.5 Å². The zero-order valence-corrected chi connectivity index (χ0v) is 13.5. The lowest BCUT2D eigenvalue weighted by Gasteiger charge is -2.29. The Morgan fingerprint density at radius 1 is 1.38 bits per heavy atom. The van der Waals surface area contributed by atoms with Gasteiger partial charge in [0.25, 0.3) is 0 Å². The van der Waals surface area contributed by atoms with Crippen molar-refractivity contribution in [2.75, 3.05) is 11.1 Å². The normalized spacial score (nSPS) is 29.7. The van der Waals surface area contributed by atoms with Gasteiger partial charge in [-0.1, -0.05) is 0 Å². The Labute approximate surface area is 140 Å². The maximum atomic E-state index is 13.0. The number of hydrogen-bond donors (Lipinski definition) is 1. The lowest BCUT2D eigenvalue weighted by Crippen LogP contribution is -2.48. The minimum atomic E-state index is -3.70. The van der Waals surface area contributed by atoms with Crippen molar-refractivity contribution in [3.05, 3.63) is 18.2 Å². The van der Waals surface area contributed by atoms with Crippen molar-refractivity contribution in [3.8, 4) is 11.5 Å². The third-order valence-corrected chi connectivity index (χ3v) is 5.92. The first-order chi connectivity index (χ1) is 11.3. The summed E-state index contributed by atoms with van der Waals surface area (Å²) in [5.41, 5.74) is 0.310. The van der Waals surface area contributed by atoms with E-state index in [1.807, 2.05) is 6.92 Å². The number of amides is 2. The highest BCUT2D eigenvalue weighted by Gasteiger charge is 2.53. The average molecular weight is 356 g/mol. The van der Waals surface area contributed by atoms with Gasteiger partial charge >= 0.3 is 6.29 Å². The van der Waals surface area contributed by atoms with E-state index < -0.39 is 12.3 Å². The third-order valence-electron chi connectivity index (χ3n) is 4.42. The second kappa shape index (κ2) is 4.98. The van der Waals surface area contributed by atoms with E-state index in [0.29, 0.717) is 17.9 Å². The number of rotatable bonds is 2. The molecule has 0 bridgehead atoms. The van der Waals surface area contributed by atoms with Crippen LogP contribution in [0.1, 0.15) is 19.8 Å². The predicted molar refractivity (Wildman–Crippen MR) is 82.0 cm³/mol. The second-order valence-corrected chi connectivity index (χ2v) is 7.59. The highest BCUT2D eigenvalue weighted by molar-refractivity contribution is 8.01. The molecule has 24 heavy (non-hydrogen) atoms. The van der Waals surface area contributed by atoms with Gasteiger partial charge in [-0.05, 0) is 25.5 Å². The fraction of sp³-hybridized carbons (Fsp3) is 0.467. The van der Waals surface area contributed by atoms with Crippen LogP contribution in [0, 0.1) is 0 Å². The van der Waals surface area contributed by atoms with Crippen molar-refractivity contribution in [3.63, 3.8) is 0 Å². The van der Waals surface area contributed by atoms with Gasteiger partial charge in [0.1, 0.15) is 6.04 Å². The van der Waals surface area contributed by atoms with E-state index in [2.05, 4.69) is 14.8 Å². The number of fused-ring (bicyclic) bond motifs is 2. The van der Waals surface area contributed by atoms with Crippen molar-refractivity contribution >= 4 is 29.3 Å². The van der Waals surface area contributed by atoms with Crippen LogP contribution in [-0.4, -0.2) is 39.7 Å². The van der Waals surface area contributed by atoms with Gasteiger partial charge in [-0.15, -0.1) is 20.5 Å². The number of ether oxygens (including phenoxy) is 2. The molecule has 0 unspecified atom stereocenters. The summed E-state index contributed by atoms with van der Waals surface area (Å²) < 4.78 is 34.7. The molecule has 0 spiro atoms. The number of alkyl halides is 2. The maximum absolute atomic E-state index is 13.0. The lowest BCUT2D eigenvalue weighted by atomic mass is 10.2. The largest absolute Gasteiger partial charge is 0.586 e. The van der Waals surface area contributed by atoms with Crippen molar-refractivity contribution < 1.29 is 27.8 Å². The van der Waals surface area contributed by atoms with Crippen LogP contribution >= 0.6 is 11.8 Å². The highest BCUT2D eigenvalue weighted by atomic mass is 32.2. The van der Waals surface area contributed by atoms with E-state index >= 15 is 0 Å². The quantitative estimate of drug-likeness (QED) is 0.881. The summed E-state index contributed by atoms with van der Waals surface area (Å²) in [5, 5.41) is 2.66. The van der Waals surface area contributed by atoms with Crippen molar-refractivity contribution in [2.45, 2.75) is 37.0 Å². The number of nitrogens with zero attached hydrogens (tertiary/aromatic N) is 1. The van der Waals surface area contributed by atoms with Crippen LogP contribution in [0.25, 0.3) is 0 Å². The first-order valence-electron chi connectivity index (χ1n) is 7.44.